The van der Waals surface area contributed by atoms with Gasteiger partial charge in [0, 0.05) is 12.8 Å². The largest absolute Gasteiger partial charge is 0.756 e. The predicted octanol–water partition coefficient (Wildman–Crippen LogP) is 8.04. The molecule has 0 fully saturated rings. The molecule has 0 aromatic heterocycles. The van der Waals surface area contributed by atoms with Crippen molar-refractivity contribution in [3.63, 3.8) is 0 Å². The maximum Gasteiger partial charge on any atom is 0.306 e. The molecule has 0 saturated heterocycles. The Balaban J connectivity index is 4.75. The van der Waals surface area contributed by atoms with E-state index in [1.54, 1.807) is 0 Å². The number of nitrogens with zero attached hydrogens (tertiary/aromatic N) is 1. The fourth-order valence-corrected chi connectivity index (χ4v) is 4.32. The number of phosphoric ester groups is 1. The van der Waals surface area contributed by atoms with E-state index in [1.165, 1.54) is 0 Å². The number of quaternary nitrogens is 1. The highest BCUT2D eigenvalue weighted by molar-refractivity contribution is 7.45. The summed E-state index contributed by atoms with van der Waals surface area (Å²) < 4.78 is 33.4. The summed E-state index contributed by atoms with van der Waals surface area (Å²) in [6, 6.07) is 0. The topological polar surface area (TPSA) is 111 Å². The van der Waals surface area contributed by atoms with Crippen LogP contribution >= 0.6 is 7.82 Å². The van der Waals surface area contributed by atoms with Crippen LogP contribution in [0.15, 0.2) is 97.2 Å². The summed E-state index contributed by atoms with van der Waals surface area (Å²) in [6.07, 6.45) is 37.6. The van der Waals surface area contributed by atoms with Gasteiger partial charge in [0.15, 0.2) is 6.10 Å². The van der Waals surface area contributed by atoms with Crippen molar-refractivity contribution < 1.29 is 42.1 Å². The lowest BCUT2D eigenvalue weighted by atomic mass is 10.2. The summed E-state index contributed by atoms with van der Waals surface area (Å²) in [6.45, 7) is 3.74. The highest BCUT2D eigenvalue weighted by Gasteiger charge is 2.21. The molecule has 10 heteroatoms. The Bertz CT molecular complexity index is 1140. The number of carbonyl (C=O) groups is 2. The number of esters is 2. The first kappa shape index (κ1) is 44.9. The molecule has 0 aliphatic heterocycles. The van der Waals surface area contributed by atoms with Crippen molar-refractivity contribution in [2.45, 2.75) is 84.2 Å². The van der Waals surface area contributed by atoms with Gasteiger partial charge in [-0.2, -0.15) is 0 Å². The Kier molecular flexibility index (Phi) is 28.1. The van der Waals surface area contributed by atoms with Gasteiger partial charge in [0.1, 0.15) is 19.8 Å². The Morgan fingerprint density at radius 1 is 0.667 bits per heavy atom. The minimum Gasteiger partial charge on any atom is -0.756 e. The summed E-state index contributed by atoms with van der Waals surface area (Å²) >= 11 is 0. The van der Waals surface area contributed by atoms with Crippen LogP contribution in [0.2, 0.25) is 0 Å². The zero-order valence-corrected chi connectivity index (χ0v) is 30.8. The van der Waals surface area contributed by atoms with E-state index < -0.39 is 32.5 Å². The third kappa shape index (κ3) is 32.9. The third-order valence-corrected chi connectivity index (χ3v) is 7.19. The van der Waals surface area contributed by atoms with Gasteiger partial charge in [-0.25, -0.2) is 0 Å². The first-order chi connectivity index (χ1) is 23.0. The van der Waals surface area contributed by atoms with E-state index in [0.717, 1.165) is 32.1 Å². The number of allylic oxidation sites excluding steroid dienone is 16. The van der Waals surface area contributed by atoms with Gasteiger partial charge in [-0.05, 0) is 51.4 Å². The van der Waals surface area contributed by atoms with Crippen LogP contribution < -0.4 is 4.89 Å². The second-order valence-corrected chi connectivity index (χ2v) is 13.3. The van der Waals surface area contributed by atoms with E-state index in [-0.39, 0.29) is 26.1 Å². The van der Waals surface area contributed by atoms with Crippen LogP contribution in [0.5, 0.6) is 0 Å². The summed E-state index contributed by atoms with van der Waals surface area (Å²) in [4.78, 5) is 37.1. The van der Waals surface area contributed by atoms with Crippen molar-refractivity contribution in [3.05, 3.63) is 97.2 Å². The van der Waals surface area contributed by atoms with E-state index in [1.807, 2.05) is 81.9 Å². The Morgan fingerprint density at radius 3 is 1.79 bits per heavy atom. The summed E-state index contributed by atoms with van der Waals surface area (Å²) in [7, 11) is 1.07. The van der Waals surface area contributed by atoms with Crippen molar-refractivity contribution in [1.82, 2.24) is 0 Å². The molecule has 0 N–H and O–H groups in total. The van der Waals surface area contributed by atoms with Gasteiger partial charge >= 0.3 is 11.9 Å². The molecule has 0 amide bonds. The van der Waals surface area contributed by atoms with E-state index in [9.17, 15) is 19.0 Å². The summed E-state index contributed by atoms with van der Waals surface area (Å²) in [5.74, 6) is -1.00. The predicted molar refractivity (Wildman–Crippen MR) is 194 cm³/mol. The zero-order chi connectivity index (χ0) is 35.8. The first-order valence-electron chi connectivity index (χ1n) is 17.0. The molecular formula is C38H60NO8P. The van der Waals surface area contributed by atoms with Gasteiger partial charge in [-0.15, -0.1) is 0 Å². The van der Waals surface area contributed by atoms with Crippen molar-refractivity contribution >= 4 is 19.8 Å². The summed E-state index contributed by atoms with van der Waals surface area (Å²) in [5.41, 5.74) is 0. The third-order valence-electron chi connectivity index (χ3n) is 6.23. The fraction of sp³-hybridized carbons (Fsp3) is 0.526. The maximum atomic E-state index is 12.5. The SMILES string of the molecule is CC/C=C/C=C/C=C/C=C/C=C/CCCC(=O)OC(COC(=O)CCC/C=C/C/C=C/C/C=C/CC)COP(=O)([O-])OCC[N+](C)(C)C. The monoisotopic (exact) mass is 689 g/mol. The second-order valence-electron chi connectivity index (χ2n) is 11.9. The number of hydrogen-bond donors (Lipinski definition) is 0. The molecule has 2 unspecified atom stereocenters. The van der Waals surface area contributed by atoms with Gasteiger partial charge < -0.3 is 27.9 Å². The van der Waals surface area contributed by atoms with Gasteiger partial charge in [0.25, 0.3) is 7.82 Å². The Labute approximate surface area is 290 Å². The van der Waals surface area contributed by atoms with E-state index in [2.05, 4.69) is 50.3 Å². The molecule has 0 bridgehead atoms. The van der Waals surface area contributed by atoms with Gasteiger partial charge in [-0.1, -0.05) is 111 Å². The molecule has 0 radical (unpaired) electrons. The number of unbranched alkanes of at least 4 members (excludes halogenated alkanes) is 2. The lowest BCUT2D eigenvalue weighted by Crippen LogP contribution is -2.37. The van der Waals surface area contributed by atoms with Crippen molar-refractivity contribution in [1.29, 1.82) is 0 Å². The number of rotatable bonds is 28. The molecule has 0 aliphatic rings. The minimum absolute atomic E-state index is 0.0581. The van der Waals surface area contributed by atoms with Crippen LogP contribution in [-0.4, -0.2) is 70.0 Å². The summed E-state index contributed by atoms with van der Waals surface area (Å²) in [5, 5.41) is 0. The fourth-order valence-electron chi connectivity index (χ4n) is 3.59. The molecule has 0 aromatic rings. The quantitative estimate of drug-likeness (QED) is 0.0203. The number of likely N-dealkylation sites (N-methyl/N-ethyl adjacent to an activating group) is 1. The van der Waals surface area contributed by atoms with E-state index in [0.29, 0.717) is 30.3 Å². The maximum absolute atomic E-state index is 12.5. The van der Waals surface area contributed by atoms with Crippen LogP contribution in [0.4, 0.5) is 0 Å². The molecular weight excluding hydrogens is 629 g/mol. The number of phosphoric acid groups is 1. The molecule has 270 valence electrons. The van der Waals surface area contributed by atoms with Crippen LogP contribution in [0.25, 0.3) is 0 Å². The van der Waals surface area contributed by atoms with Crippen LogP contribution in [0, 0.1) is 0 Å². The van der Waals surface area contributed by atoms with Crippen LogP contribution in [-0.2, 0) is 32.7 Å². The van der Waals surface area contributed by atoms with Gasteiger partial charge in [-0.3, -0.25) is 14.2 Å². The van der Waals surface area contributed by atoms with Gasteiger partial charge in [0.2, 0.25) is 0 Å². The van der Waals surface area contributed by atoms with E-state index >= 15 is 0 Å². The van der Waals surface area contributed by atoms with Crippen LogP contribution in [0.1, 0.15) is 78.1 Å². The lowest BCUT2D eigenvalue weighted by Gasteiger charge is -2.28. The molecule has 48 heavy (non-hydrogen) atoms. The number of ether oxygens (including phenoxy) is 2. The Hall–Kier alpha value is -3.07. The number of hydrogen-bond acceptors (Lipinski definition) is 8. The molecule has 0 spiro atoms. The number of carbonyl (C=O) groups excluding carboxylic acids is 2. The smallest absolute Gasteiger partial charge is 0.306 e. The van der Waals surface area contributed by atoms with Crippen molar-refractivity contribution in [3.8, 4) is 0 Å². The highest BCUT2D eigenvalue weighted by atomic mass is 31.2. The van der Waals surface area contributed by atoms with Crippen LogP contribution in [0.3, 0.4) is 0 Å². The van der Waals surface area contributed by atoms with Crippen molar-refractivity contribution in [2.24, 2.45) is 0 Å². The molecule has 9 nitrogen and oxygen atoms in total. The lowest BCUT2D eigenvalue weighted by molar-refractivity contribution is -0.870. The molecule has 0 saturated carbocycles. The molecule has 2 atom stereocenters. The molecule has 0 aliphatic carbocycles. The minimum atomic E-state index is -4.65. The molecule has 0 aromatic carbocycles. The zero-order valence-electron chi connectivity index (χ0n) is 29.9. The standard InChI is InChI=1S/C38H60NO8P/c1-6-8-10-12-14-16-18-19-21-23-25-27-29-31-38(41)47-36(35-46-48(42,43)45-33-32-39(3,4)5)34-44-37(40)30-28-26-24-22-20-17-15-13-11-9-7-2/h8-12,14-19,21-25,36H,6-7,13,20,26-35H2,1-5H3/b10-8+,11-9+,14-12+,17-15+,18-16+,21-19+,24-22+,25-23+. The average molecular weight is 690 g/mol. The normalized spacial score (nSPS) is 15.0. The first-order valence-corrected chi connectivity index (χ1v) is 18.5. The average Bonchev–Trinajstić information content (AvgIpc) is 3.02. The molecule has 0 heterocycles. The Morgan fingerprint density at radius 2 is 1.19 bits per heavy atom. The van der Waals surface area contributed by atoms with E-state index in [4.69, 9.17) is 18.5 Å². The van der Waals surface area contributed by atoms with Gasteiger partial charge in [0.05, 0.1) is 27.7 Å². The highest BCUT2D eigenvalue weighted by Crippen LogP contribution is 2.38. The molecule has 0 rings (SSSR count). The second kappa shape index (κ2) is 30.0. The van der Waals surface area contributed by atoms with Crippen molar-refractivity contribution in [2.75, 3.05) is 47.5 Å².